The second-order valence-corrected chi connectivity index (χ2v) is 34.4. The van der Waals surface area contributed by atoms with E-state index in [1.807, 2.05) is 103 Å². The summed E-state index contributed by atoms with van der Waals surface area (Å²) in [7, 11) is -13.3. The molecule has 0 saturated heterocycles. The number of aryl methyl sites for hydroxylation is 11. The Hall–Kier alpha value is -9.27. The van der Waals surface area contributed by atoms with Gasteiger partial charge < -0.3 is 32.2 Å². The van der Waals surface area contributed by atoms with Gasteiger partial charge in [0.15, 0.2) is 44.2 Å². The number of fused-ring (bicyclic) bond motifs is 9. The van der Waals surface area contributed by atoms with Crippen molar-refractivity contribution in [2.24, 2.45) is 14.1 Å². The number of nitrogens with one attached hydrogen (secondary N) is 1. The Morgan fingerprint density at radius 1 is 0.591 bits per heavy atom. The number of nitrogens with zero attached hydrogens (tertiary/aromatic N) is 11. The number of H-pyrrole nitrogens is 1. The van der Waals surface area contributed by atoms with Gasteiger partial charge in [0.05, 0.1) is 105 Å². The van der Waals surface area contributed by atoms with Gasteiger partial charge in [-0.1, -0.05) is 67.9 Å². The second-order valence-electron chi connectivity index (χ2n) is 26.5. The predicted octanol–water partition coefficient (Wildman–Crippen LogP) is 12.4. The molecule has 584 valence electrons. The Balaban J connectivity index is 0.000000156. The minimum atomic E-state index is -4.34. The zero-order valence-electron chi connectivity index (χ0n) is 63.9. The van der Waals surface area contributed by atoms with Crippen LogP contribution in [0, 0.1) is 34.3 Å². The Morgan fingerprint density at radius 2 is 1.11 bits per heavy atom. The van der Waals surface area contributed by atoms with Gasteiger partial charge >= 0.3 is 15.9 Å². The van der Waals surface area contributed by atoms with Gasteiger partial charge in [0.2, 0.25) is 11.2 Å². The summed E-state index contributed by atoms with van der Waals surface area (Å²) in [5.41, 5.74) is 14.4. The molecule has 26 nitrogen and oxygen atoms in total. The lowest BCUT2D eigenvalue weighted by molar-refractivity contribution is -0.709. The number of thiol groups is 1. The number of pyridine rings is 1. The molecule has 0 amide bonds. The van der Waals surface area contributed by atoms with Crippen LogP contribution >= 0.6 is 24.4 Å². The van der Waals surface area contributed by atoms with Crippen LogP contribution in [0.5, 0.6) is 0 Å². The zero-order chi connectivity index (χ0) is 80.6. The number of thioether (sulfide) groups is 1. The minimum absolute atomic E-state index is 0.178. The molecule has 2 unspecified atom stereocenters. The highest BCUT2D eigenvalue weighted by atomic mass is 32.2. The third-order valence-electron chi connectivity index (χ3n) is 19.3. The molecule has 0 saturated carbocycles. The van der Waals surface area contributed by atoms with Gasteiger partial charge in [0.1, 0.15) is 20.2 Å². The number of imidazole rings is 4. The predicted molar refractivity (Wildman–Crippen MR) is 427 cm³/mol. The van der Waals surface area contributed by atoms with Crippen molar-refractivity contribution in [2.75, 3.05) is 5.75 Å². The molecule has 14 rings (SSSR count). The van der Waals surface area contributed by atoms with Gasteiger partial charge in [-0.15, -0.1) is 0 Å². The summed E-state index contributed by atoms with van der Waals surface area (Å²) in [5.74, 6) is 3.15. The largest absolute Gasteiger partial charge is 0.748 e. The van der Waals surface area contributed by atoms with Crippen LogP contribution in [0.3, 0.4) is 0 Å². The average Bonchev–Trinajstić information content (AvgIpc) is 1.60. The Bertz CT molecular complexity index is 6180. The molecule has 0 aliphatic carbocycles. The SMILES string of the molecule is CCC[n+]1c(C)n(CC)c2cc3cccnc3cc21.CCSc1n(C)c2ccc3ccc(=O)oc3c2[n+]1CCC(C)S(=O)(=O)[O-].CCn1c(S)[n+](CC)c2cc3[nH]ccc3cc21.Cc1ccc(S(=O)(=O)[O-])cc1.Cc1ccc(S(=O)(=O)[O-])cc1.[C-]#[N+]c1cn(C)c2cc3c(cc12)[n+](CCC(C)S(=O)(=O)[O-])c(C)n3CC. The molecule has 0 radical (unpaired) electrons. The number of aromatic amines is 1. The van der Waals surface area contributed by atoms with Gasteiger partial charge in [0.25, 0.3) is 11.6 Å². The number of hydrogen-bond acceptors (Lipinski definition) is 17. The summed E-state index contributed by atoms with van der Waals surface area (Å²) in [6.45, 7) is 36.4. The smallest absolute Gasteiger partial charge is 0.336 e. The molecule has 14 aromatic rings. The molecular weight excluding hydrogens is 1520 g/mol. The van der Waals surface area contributed by atoms with Crippen LogP contribution in [0.15, 0.2) is 175 Å². The van der Waals surface area contributed by atoms with Gasteiger partial charge in [-0.25, -0.2) is 79.8 Å². The quantitative estimate of drug-likeness (QED) is 0.0201. The first-order valence-corrected chi connectivity index (χ1v) is 43.0. The lowest BCUT2D eigenvalue weighted by Gasteiger charge is -2.15. The van der Waals surface area contributed by atoms with Gasteiger partial charge in [0, 0.05) is 115 Å². The van der Waals surface area contributed by atoms with Crippen LogP contribution in [0.25, 0.3) is 92.7 Å². The summed E-state index contributed by atoms with van der Waals surface area (Å²) < 4.78 is 155. The third kappa shape index (κ3) is 18.8. The highest BCUT2D eigenvalue weighted by molar-refractivity contribution is 7.99. The van der Waals surface area contributed by atoms with E-state index < -0.39 is 56.6 Å². The molecule has 0 fully saturated rings. The first-order chi connectivity index (χ1) is 51.9. The van der Waals surface area contributed by atoms with E-state index in [9.17, 15) is 56.7 Å². The molecule has 110 heavy (non-hydrogen) atoms. The molecular formula is C78H92N12O14S6. The molecule has 1 N–H and O–H groups in total. The second kappa shape index (κ2) is 35.4. The first-order valence-electron chi connectivity index (χ1n) is 35.9. The van der Waals surface area contributed by atoms with Crippen molar-refractivity contribution >= 4 is 158 Å². The minimum Gasteiger partial charge on any atom is -0.748 e. The molecule has 0 spiro atoms. The molecule has 8 heterocycles. The van der Waals surface area contributed by atoms with Crippen molar-refractivity contribution in [3.63, 3.8) is 0 Å². The van der Waals surface area contributed by atoms with E-state index in [0.717, 1.165) is 116 Å². The summed E-state index contributed by atoms with van der Waals surface area (Å²) in [4.78, 5) is 22.7. The van der Waals surface area contributed by atoms with E-state index in [-0.39, 0.29) is 22.6 Å². The van der Waals surface area contributed by atoms with Crippen LogP contribution < -0.4 is 23.9 Å². The van der Waals surface area contributed by atoms with Gasteiger partial charge in [-0.3, -0.25) is 4.98 Å². The Morgan fingerprint density at radius 3 is 1.64 bits per heavy atom. The molecule has 2 atom stereocenters. The molecule has 0 aliphatic heterocycles. The summed E-state index contributed by atoms with van der Waals surface area (Å²) >= 11 is 6.24. The van der Waals surface area contributed by atoms with Crippen molar-refractivity contribution in [3.8, 4) is 0 Å². The van der Waals surface area contributed by atoms with E-state index in [2.05, 4.69) is 134 Å². The summed E-state index contributed by atoms with van der Waals surface area (Å²) in [6.07, 6.45) is 7.24. The lowest BCUT2D eigenvalue weighted by atomic mass is 10.2. The maximum absolute atomic E-state index is 11.7. The van der Waals surface area contributed by atoms with Crippen molar-refractivity contribution < 1.29 is 74.6 Å². The van der Waals surface area contributed by atoms with Crippen LogP contribution in [-0.4, -0.2) is 101 Å². The lowest BCUT2D eigenvalue weighted by Crippen LogP contribution is -2.38. The highest BCUT2D eigenvalue weighted by Crippen LogP contribution is 2.33. The normalized spacial score (nSPS) is 12.5. The van der Waals surface area contributed by atoms with Crippen LogP contribution in [-0.2, 0) is 100 Å². The number of aromatic nitrogens is 11. The fraction of sp³-hybridized carbons (Fsp3) is 0.346. The standard InChI is InChI=1S/C18H22N4O3S.C17H20N2O5S2.C16H20N3.C13H15N3S.2C7H8O3S/c1-6-21-13(3)22(8-7-12(2)26(23,24)25)17-9-14-15(19-4)11-20(5)16(14)10-18(17)21;1-4-25-17-18(3)13-7-5-12-6-8-14(20)24-16(12)15(13)19(17)10-9-11(2)26(21,22)23;1-4-9-19-12(3)18(5-2)15-10-13-7-6-8-17-14(13)11-16(15)19;1-3-15-11-7-9-5-6-14-10(9)8-12(11)16(4-2)13(15)17;2*1-6-2-4-7(5-3-6)11(8,9)10/h9-12H,6-8H2,1-3,5H3;5-8,11H,4,9-10H2,1-3H3;6-8,10-11H,4-5,9H2,1-3H3;5-8,14H,3-4H2,1-2H3;2*2-5H,1H3,(H,8,9,10)/q;;+1;;;/p-1. The van der Waals surface area contributed by atoms with E-state index in [0.29, 0.717) is 24.4 Å². The van der Waals surface area contributed by atoms with E-state index in [4.69, 9.17) is 11.0 Å². The molecule has 8 aromatic heterocycles. The molecule has 0 aliphatic rings. The van der Waals surface area contributed by atoms with Crippen molar-refractivity contribution in [2.45, 2.75) is 179 Å². The molecule has 32 heteroatoms. The fourth-order valence-corrected chi connectivity index (χ4v) is 16.5. The van der Waals surface area contributed by atoms with Crippen molar-refractivity contribution in [1.29, 1.82) is 0 Å². The van der Waals surface area contributed by atoms with Crippen molar-refractivity contribution in [1.82, 2.24) is 32.8 Å². The fourth-order valence-electron chi connectivity index (χ4n) is 13.4. The highest BCUT2D eigenvalue weighted by Gasteiger charge is 2.29. The van der Waals surface area contributed by atoms with Crippen LogP contribution in [0.2, 0.25) is 0 Å². The summed E-state index contributed by atoms with van der Waals surface area (Å²) in [6, 6.07) is 37.7. The van der Waals surface area contributed by atoms with Crippen LogP contribution in [0.4, 0.5) is 5.69 Å². The summed E-state index contributed by atoms with van der Waals surface area (Å²) in [5, 5.41) is 4.14. The third-order valence-corrected chi connectivity index (χ3v) is 25.0. The van der Waals surface area contributed by atoms with Crippen LogP contribution in [0.1, 0.15) is 97.4 Å². The maximum Gasteiger partial charge on any atom is 0.336 e. The Labute approximate surface area is 650 Å². The van der Waals surface area contributed by atoms with E-state index in [1.54, 1.807) is 42.1 Å². The average molecular weight is 1610 g/mol. The van der Waals surface area contributed by atoms with Gasteiger partial charge in [-0.05, 0) is 146 Å². The Kier molecular flexibility index (Phi) is 27.3. The number of hydrogen-bond donors (Lipinski definition) is 2. The number of benzene rings is 6. The first kappa shape index (κ1) is 84.7. The maximum atomic E-state index is 11.7. The van der Waals surface area contributed by atoms with E-state index >= 15 is 0 Å². The number of rotatable bonds is 18. The monoisotopic (exact) mass is 1610 g/mol. The van der Waals surface area contributed by atoms with E-state index in [1.165, 1.54) is 88.4 Å². The topological polar surface area (TPSA) is 332 Å². The van der Waals surface area contributed by atoms with Crippen molar-refractivity contribution in [3.05, 3.63) is 191 Å². The van der Waals surface area contributed by atoms with Gasteiger partial charge in [-0.2, -0.15) is 0 Å². The molecule has 6 aromatic carbocycles. The molecule has 0 bridgehead atoms. The zero-order valence-corrected chi connectivity index (χ0v) is 68.9.